The Balaban J connectivity index is 2.22. The van der Waals surface area contributed by atoms with Crippen LogP contribution in [0, 0.1) is 5.92 Å². The number of carbonyl (C=O) groups excluding carboxylic acids is 1. The number of hydrogen-bond acceptors (Lipinski definition) is 3. The summed E-state index contributed by atoms with van der Waals surface area (Å²) < 4.78 is 6.50. The Kier molecular flexibility index (Phi) is 6.87. The van der Waals surface area contributed by atoms with Gasteiger partial charge in [0.25, 0.3) is 0 Å². The first-order valence-electron chi connectivity index (χ1n) is 8.94. The fourth-order valence-electron chi connectivity index (χ4n) is 3.20. The summed E-state index contributed by atoms with van der Waals surface area (Å²) in [6, 6.07) is 10.6. The first-order chi connectivity index (χ1) is 12.6. The van der Waals surface area contributed by atoms with Crippen molar-refractivity contribution in [3.8, 4) is 0 Å². The number of carboxylic acid groups (broad SMARTS) is 1. The molecule has 0 aliphatic carbocycles. The van der Waals surface area contributed by atoms with Gasteiger partial charge in [-0.3, -0.25) is 9.69 Å². The zero-order valence-corrected chi connectivity index (χ0v) is 17.7. The van der Waals surface area contributed by atoms with E-state index in [1.54, 1.807) is 19.1 Å². The third-order valence-corrected chi connectivity index (χ3v) is 5.13. The third kappa shape index (κ3) is 5.45. The SMILES string of the molecule is CC(C(=O)CCc1ccc(Br)cc1)C(c1ccco1)N(C(=O)O)C(C)(C)C. The molecule has 2 atom stereocenters. The maximum absolute atomic E-state index is 12.9. The average Bonchev–Trinajstić information content (AvgIpc) is 3.10. The molecule has 0 radical (unpaired) electrons. The lowest BCUT2D eigenvalue weighted by atomic mass is 9.88. The number of halogens is 1. The van der Waals surface area contributed by atoms with Gasteiger partial charge in [-0.1, -0.05) is 35.0 Å². The minimum atomic E-state index is -1.07. The number of amides is 1. The van der Waals surface area contributed by atoms with Gasteiger partial charge < -0.3 is 9.52 Å². The summed E-state index contributed by atoms with van der Waals surface area (Å²) in [6.45, 7) is 7.22. The molecule has 1 N–H and O–H groups in total. The first-order valence-corrected chi connectivity index (χ1v) is 9.73. The van der Waals surface area contributed by atoms with E-state index in [9.17, 15) is 14.7 Å². The first kappa shape index (κ1) is 21.2. The van der Waals surface area contributed by atoms with Gasteiger partial charge >= 0.3 is 6.09 Å². The summed E-state index contributed by atoms with van der Waals surface area (Å²) >= 11 is 3.40. The van der Waals surface area contributed by atoms with Crippen LogP contribution in [-0.2, 0) is 11.2 Å². The number of aryl methyl sites for hydroxylation is 1. The zero-order chi connectivity index (χ0) is 20.2. The molecular weight excluding hydrogens is 410 g/mol. The van der Waals surface area contributed by atoms with Gasteiger partial charge in [0.1, 0.15) is 17.6 Å². The molecular formula is C21H26BrNO4. The molecule has 27 heavy (non-hydrogen) atoms. The van der Waals surface area contributed by atoms with Crippen LogP contribution >= 0.6 is 15.9 Å². The number of furan rings is 1. The third-order valence-electron chi connectivity index (χ3n) is 4.60. The number of nitrogens with zero attached hydrogens (tertiary/aromatic N) is 1. The summed E-state index contributed by atoms with van der Waals surface area (Å²) in [6.07, 6.45) is 1.39. The van der Waals surface area contributed by atoms with Gasteiger partial charge in [-0.05, 0) is 57.0 Å². The maximum atomic E-state index is 12.9. The number of Topliss-reactive ketones (excluding diaryl/α,β-unsaturated/α-hetero) is 1. The van der Waals surface area contributed by atoms with Gasteiger partial charge in [0.15, 0.2) is 0 Å². The molecule has 0 fully saturated rings. The number of rotatable bonds is 7. The maximum Gasteiger partial charge on any atom is 0.408 e. The van der Waals surface area contributed by atoms with Crippen LogP contribution in [0.5, 0.6) is 0 Å². The van der Waals surface area contributed by atoms with Crippen molar-refractivity contribution in [2.45, 2.75) is 52.1 Å². The minimum absolute atomic E-state index is 0.00909. The standard InChI is InChI=1S/C21H26BrNO4/c1-14(17(24)12-9-15-7-10-16(22)11-8-15)19(18-6-5-13-27-18)23(20(25)26)21(2,3)4/h5-8,10-11,13-14,19H,9,12H2,1-4H3,(H,25,26). The van der Waals surface area contributed by atoms with Gasteiger partial charge in [-0.15, -0.1) is 0 Å². The average molecular weight is 436 g/mol. The van der Waals surface area contributed by atoms with Crippen LogP contribution < -0.4 is 0 Å². The largest absolute Gasteiger partial charge is 0.467 e. The van der Waals surface area contributed by atoms with Crippen LogP contribution in [0.15, 0.2) is 51.6 Å². The molecule has 1 heterocycles. The molecule has 0 bridgehead atoms. The molecule has 2 unspecified atom stereocenters. The molecule has 0 spiro atoms. The number of carbonyl (C=O) groups is 2. The quantitative estimate of drug-likeness (QED) is 0.605. The Morgan fingerprint density at radius 1 is 1.19 bits per heavy atom. The summed E-state index contributed by atoms with van der Waals surface area (Å²) in [4.78, 5) is 26.2. The van der Waals surface area contributed by atoms with Crippen LogP contribution in [0.3, 0.4) is 0 Å². The second kappa shape index (κ2) is 8.74. The topological polar surface area (TPSA) is 70.8 Å². The van der Waals surface area contributed by atoms with Crippen molar-refractivity contribution >= 4 is 27.8 Å². The van der Waals surface area contributed by atoms with E-state index in [2.05, 4.69) is 15.9 Å². The monoisotopic (exact) mass is 435 g/mol. The van der Waals surface area contributed by atoms with E-state index in [1.165, 1.54) is 11.2 Å². The number of benzene rings is 1. The van der Waals surface area contributed by atoms with Gasteiger partial charge in [-0.2, -0.15) is 0 Å². The van der Waals surface area contributed by atoms with Gasteiger partial charge in [0.2, 0.25) is 0 Å². The Bertz CT molecular complexity index is 762. The highest BCUT2D eigenvalue weighted by Gasteiger charge is 2.40. The van der Waals surface area contributed by atoms with Gasteiger partial charge in [0, 0.05) is 22.4 Å². The van der Waals surface area contributed by atoms with Crippen LogP contribution in [0.4, 0.5) is 4.79 Å². The fraction of sp³-hybridized carbons (Fsp3) is 0.429. The van der Waals surface area contributed by atoms with E-state index < -0.39 is 23.6 Å². The molecule has 1 aromatic heterocycles. The lowest BCUT2D eigenvalue weighted by Crippen LogP contribution is -2.50. The zero-order valence-electron chi connectivity index (χ0n) is 16.1. The van der Waals surface area contributed by atoms with E-state index >= 15 is 0 Å². The molecule has 1 aromatic carbocycles. The van der Waals surface area contributed by atoms with Gasteiger partial charge in [0.05, 0.1) is 6.26 Å². The Morgan fingerprint density at radius 3 is 2.30 bits per heavy atom. The van der Waals surface area contributed by atoms with E-state index in [0.717, 1.165) is 10.0 Å². The van der Waals surface area contributed by atoms with Crippen LogP contribution in [0.2, 0.25) is 0 Å². The van der Waals surface area contributed by atoms with Crippen molar-refractivity contribution in [3.63, 3.8) is 0 Å². The van der Waals surface area contributed by atoms with Crippen molar-refractivity contribution in [3.05, 3.63) is 58.5 Å². The van der Waals surface area contributed by atoms with E-state index in [1.807, 2.05) is 45.0 Å². The van der Waals surface area contributed by atoms with Crippen molar-refractivity contribution in [1.82, 2.24) is 4.90 Å². The summed E-state index contributed by atoms with van der Waals surface area (Å²) in [5.74, 6) is -0.0337. The lowest BCUT2D eigenvalue weighted by molar-refractivity contribution is -0.125. The van der Waals surface area contributed by atoms with Crippen molar-refractivity contribution in [2.75, 3.05) is 0 Å². The second-order valence-corrected chi connectivity index (χ2v) is 8.58. The predicted molar refractivity (Wildman–Crippen MR) is 108 cm³/mol. The molecule has 6 heteroatoms. The highest BCUT2D eigenvalue weighted by atomic mass is 79.9. The molecule has 0 aliphatic rings. The van der Waals surface area contributed by atoms with E-state index in [-0.39, 0.29) is 5.78 Å². The van der Waals surface area contributed by atoms with E-state index in [0.29, 0.717) is 18.6 Å². The Labute approximate surface area is 168 Å². The second-order valence-electron chi connectivity index (χ2n) is 7.67. The van der Waals surface area contributed by atoms with Crippen molar-refractivity contribution in [1.29, 1.82) is 0 Å². The Morgan fingerprint density at radius 2 is 1.81 bits per heavy atom. The highest BCUT2D eigenvalue weighted by Crippen LogP contribution is 2.35. The number of ketones is 1. The fourth-order valence-corrected chi connectivity index (χ4v) is 3.47. The number of hydrogen-bond donors (Lipinski definition) is 1. The van der Waals surface area contributed by atoms with Crippen LogP contribution in [0.25, 0.3) is 0 Å². The normalized spacial score (nSPS) is 13.8. The Hall–Kier alpha value is -2.08. The molecule has 0 aliphatic heterocycles. The minimum Gasteiger partial charge on any atom is -0.467 e. The van der Waals surface area contributed by atoms with Crippen LogP contribution in [-0.4, -0.2) is 27.4 Å². The molecule has 2 aromatic rings. The van der Waals surface area contributed by atoms with Crippen LogP contribution in [0.1, 0.15) is 51.5 Å². The molecule has 0 saturated carbocycles. The smallest absolute Gasteiger partial charge is 0.408 e. The van der Waals surface area contributed by atoms with Crippen molar-refractivity contribution in [2.24, 2.45) is 5.92 Å². The summed E-state index contributed by atoms with van der Waals surface area (Å²) in [7, 11) is 0. The predicted octanol–water partition coefficient (Wildman–Crippen LogP) is 5.70. The van der Waals surface area contributed by atoms with E-state index in [4.69, 9.17) is 4.42 Å². The highest BCUT2D eigenvalue weighted by molar-refractivity contribution is 9.10. The summed E-state index contributed by atoms with van der Waals surface area (Å²) in [5, 5.41) is 9.81. The molecule has 2 rings (SSSR count). The van der Waals surface area contributed by atoms with Gasteiger partial charge in [-0.25, -0.2) is 4.79 Å². The molecule has 146 valence electrons. The molecule has 1 amide bonds. The van der Waals surface area contributed by atoms with Crippen molar-refractivity contribution < 1.29 is 19.1 Å². The molecule has 0 saturated heterocycles. The summed E-state index contributed by atoms with van der Waals surface area (Å²) in [5.41, 5.74) is 0.392. The lowest BCUT2D eigenvalue weighted by Gasteiger charge is -2.40. The molecule has 5 nitrogen and oxygen atoms in total.